The molecule has 1 atom stereocenters. The molecule has 0 bridgehead atoms. The second kappa shape index (κ2) is 7.99. The molecule has 2 aromatic carbocycles. The van der Waals surface area contributed by atoms with Crippen LogP contribution in [0.5, 0.6) is 5.75 Å². The molecule has 1 amide bonds. The lowest BCUT2D eigenvalue weighted by Gasteiger charge is -2.31. The second-order valence-electron chi connectivity index (χ2n) is 6.24. The van der Waals surface area contributed by atoms with E-state index in [1.165, 1.54) is 11.1 Å². The molecule has 0 saturated heterocycles. The Bertz CT molecular complexity index is 756. The highest BCUT2D eigenvalue weighted by Gasteiger charge is 2.23. The van der Waals surface area contributed by atoms with Crippen molar-refractivity contribution in [2.75, 3.05) is 25.5 Å². The van der Waals surface area contributed by atoms with Crippen molar-refractivity contribution in [2.45, 2.75) is 19.4 Å². The number of carbonyl (C=O) groups excluding carboxylic acids is 1. The first-order chi connectivity index (χ1) is 12.2. The highest BCUT2D eigenvalue weighted by atomic mass is 16.5. The van der Waals surface area contributed by atoms with Crippen molar-refractivity contribution in [2.24, 2.45) is 0 Å². The monoisotopic (exact) mass is 336 g/mol. The van der Waals surface area contributed by atoms with Crippen LogP contribution >= 0.6 is 0 Å². The van der Waals surface area contributed by atoms with Gasteiger partial charge in [-0.15, -0.1) is 0 Å². The van der Waals surface area contributed by atoms with Crippen molar-refractivity contribution in [1.29, 1.82) is 0 Å². The van der Waals surface area contributed by atoms with Gasteiger partial charge in [0.15, 0.2) is 0 Å². The molecule has 4 nitrogen and oxygen atoms in total. The van der Waals surface area contributed by atoms with Crippen LogP contribution in [0.1, 0.15) is 18.9 Å². The van der Waals surface area contributed by atoms with E-state index in [0.29, 0.717) is 0 Å². The number of nitrogens with zero attached hydrogens (tertiary/aromatic N) is 1. The van der Waals surface area contributed by atoms with Gasteiger partial charge in [0.25, 0.3) is 0 Å². The Morgan fingerprint density at radius 3 is 2.64 bits per heavy atom. The number of methoxy groups -OCH3 is 1. The Morgan fingerprint density at radius 1 is 1.16 bits per heavy atom. The van der Waals surface area contributed by atoms with Crippen molar-refractivity contribution in [3.8, 4) is 5.75 Å². The topological polar surface area (TPSA) is 41.6 Å². The molecule has 1 aliphatic rings. The molecule has 3 rings (SSSR count). The summed E-state index contributed by atoms with van der Waals surface area (Å²) in [5, 5.41) is 2.98. The number of hydrogen-bond acceptors (Lipinski definition) is 3. The van der Waals surface area contributed by atoms with Crippen LogP contribution in [0.4, 0.5) is 5.69 Å². The molecule has 0 saturated carbocycles. The van der Waals surface area contributed by atoms with Gasteiger partial charge in [0.05, 0.1) is 13.2 Å². The van der Waals surface area contributed by atoms with Gasteiger partial charge in [0, 0.05) is 24.8 Å². The molecule has 2 aromatic rings. The van der Waals surface area contributed by atoms with Gasteiger partial charge >= 0.3 is 0 Å². The van der Waals surface area contributed by atoms with Crippen LogP contribution in [0.2, 0.25) is 0 Å². The minimum Gasteiger partial charge on any atom is -0.497 e. The highest BCUT2D eigenvalue weighted by molar-refractivity contribution is 5.94. The maximum Gasteiger partial charge on any atom is 0.241 e. The summed E-state index contributed by atoms with van der Waals surface area (Å²) < 4.78 is 5.20. The first kappa shape index (κ1) is 17.2. The Hall–Kier alpha value is -2.59. The van der Waals surface area contributed by atoms with Crippen LogP contribution < -0.4 is 10.1 Å². The first-order valence-corrected chi connectivity index (χ1v) is 8.61. The zero-order chi connectivity index (χ0) is 17.6. The molecule has 0 spiro atoms. The summed E-state index contributed by atoms with van der Waals surface area (Å²) in [4.78, 5) is 14.7. The standard InChI is InChI=1S/C21H24N2O2/c1-16(21(24)22-19-9-6-10-20(15-19)25-2)23-13-11-18(12-14-23)17-7-4-3-5-8-17/h3-11,15-16H,12-14H2,1-2H3,(H,22,24)/t16-/m0/s1. The smallest absolute Gasteiger partial charge is 0.241 e. The lowest BCUT2D eigenvalue weighted by molar-refractivity contribution is -0.120. The van der Waals surface area contributed by atoms with Gasteiger partial charge in [0.2, 0.25) is 5.91 Å². The summed E-state index contributed by atoms with van der Waals surface area (Å²) in [6.07, 6.45) is 3.19. The number of anilines is 1. The summed E-state index contributed by atoms with van der Waals surface area (Å²) in [6, 6.07) is 17.7. The molecule has 1 aliphatic heterocycles. The molecular formula is C21H24N2O2. The van der Waals surface area contributed by atoms with Crippen LogP contribution in [-0.2, 0) is 4.79 Å². The van der Waals surface area contributed by atoms with Gasteiger partial charge in [-0.1, -0.05) is 42.5 Å². The van der Waals surface area contributed by atoms with Gasteiger partial charge in [-0.05, 0) is 36.6 Å². The fourth-order valence-electron chi connectivity index (χ4n) is 3.06. The van der Waals surface area contributed by atoms with E-state index in [9.17, 15) is 4.79 Å². The lowest BCUT2D eigenvalue weighted by atomic mass is 9.99. The molecular weight excluding hydrogens is 312 g/mol. The molecule has 1 heterocycles. The fourth-order valence-corrected chi connectivity index (χ4v) is 3.06. The normalized spacial score (nSPS) is 16.0. The van der Waals surface area contributed by atoms with E-state index in [4.69, 9.17) is 4.74 Å². The number of nitrogens with one attached hydrogen (secondary N) is 1. The zero-order valence-corrected chi connectivity index (χ0v) is 14.7. The average Bonchev–Trinajstić information content (AvgIpc) is 2.68. The van der Waals surface area contributed by atoms with Gasteiger partial charge < -0.3 is 10.1 Å². The third-order valence-electron chi connectivity index (χ3n) is 4.65. The van der Waals surface area contributed by atoms with E-state index in [2.05, 4.69) is 40.6 Å². The fraction of sp³-hybridized carbons (Fsp3) is 0.286. The predicted octanol–water partition coefficient (Wildman–Crippen LogP) is 3.81. The number of carbonyl (C=O) groups is 1. The third-order valence-corrected chi connectivity index (χ3v) is 4.65. The Kier molecular flexibility index (Phi) is 5.51. The van der Waals surface area contributed by atoms with E-state index in [1.807, 2.05) is 37.3 Å². The van der Waals surface area contributed by atoms with E-state index in [0.717, 1.165) is 30.9 Å². The van der Waals surface area contributed by atoms with Gasteiger partial charge in [-0.3, -0.25) is 9.69 Å². The van der Waals surface area contributed by atoms with E-state index < -0.39 is 0 Å². The van der Waals surface area contributed by atoms with E-state index in [1.54, 1.807) is 7.11 Å². The summed E-state index contributed by atoms with van der Waals surface area (Å²) in [7, 11) is 1.62. The molecule has 4 heteroatoms. The van der Waals surface area contributed by atoms with E-state index >= 15 is 0 Å². The summed E-state index contributed by atoms with van der Waals surface area (Å²) in [5.74, 6) is 0.740. The number of ether oxygens (including phenoxy) is 1. The predicted molar refractivity (Wildman–Crippen MR) is 102 cm³/mol. The number of benzene rings is 2. The van der Waals surface area contributed by atoms with E-state index in [-0.39, 0.29) is 11.9 Å². The van der Waals surface area contributed by atoms with Gasteiger partial charge in [-0.2, -0.15) is 0 Å². The molecule has 0 unspecified atom stereocenters. The molecule has 1 N–H and O–H groups in total. The van der Waals surface area contributed by atoms with Crippen molar-refractivity contribution in [3.05, 3.63) is 66.2 Å². The van der Waals surface area contributed by atoms with Crippen molar-refractivity contribution >= 4 is 17.2 Å². The Labute approximate surface area is 149 Å². The lowest BCUT2D eigenvalue weighted by Crippen LogP contribution is -2.44. The summed E-state index contributed by atoms with van der Waals surface area (Å²) >= 11 is 0. The third kappa shape index (κ3) is 4.28. The molecule has 0 radical (unpaired) electrons. The Morgan fingerprint density at radius 2 is 1.96 bits per heavy atom. The molecule has 130 valence electrons. The van der Waals surface area contributed by atoms with Crippen molar-refractivity contribution in [1.82, 2.24) is 4.90 Å². The minimum atomic E-state index is -0.181. The Balaban J connectivity index is 1.61. The number of rotatable bonds is 5. The summed E-state index contributed by atoms with van der Waals surface area (Å²) in [5.41, 5.74) is 3.39. The van der Waals surface area contributed by atoms with Crippen LogP contribution in [0.25, 0.3) is 5.57 Å². The van der Waals surface area contributed by atoms with Crippen molar-refractivity contribution in [3.63, 3.8) is 0 Å². The molecule has 0 aliphatic carbocycles. The van der Waals surface area contributed by atoms with Crippen molar-refractivity contribution < 1.29 is 9.53 Å². The second-order valence-corrected chi connectivity index (χ2v) is 6.24. The first-order valence-electron chi connectivity index (χ1n) is 8.61. The van der Waals surface area contributed by atoms with Gasteiger partial charge in [-0.25, -0.2) is 0 Å². The quantitative estimate of drug-likeness (QED) is 0.903. The van der Waals surface area contributed by atoms with Gasteiger partial charge in [0.1, 0.15) is 5.75 Å². The molecule has 0 aromatic heterocycles. The largest absolute Gasteiger partial charge is 0.497 e. The molecule has 0 fully saturated rings. The minimum absolute atomic E-state index is 0.00446. The van der Waals surface area contributed by atoms with Crippen LogP contribution in [0.15, 0.2) is 60.7 Å². The number of amides is 1. The molecule has 25 heavy (non-hydrogen) atoms. The van der Waals surface area contributed by atoms with Crippen LogP contribution in [0, 0.1) is 0 Å². The SMILES string of the molecule is COc1cccc(NC(=O)[C@H](C)N2CC=C(c3ccccc3)CC2)c1. The maximum atomic E-state index is 12.5. The maximum absolute atomic E-state index is 12.5. The van der Waals surface area contributed by atoms with Crippen LogP contribution in [0.3, 0.4) is 0 Å². The zero-order valence-electron chi connectivity index (χ0n) is 14.7. The number of hydrogen-bond donors (Lipinski definition) is 1. The average molecular weight is 336 g/mol. The summed E-state index contributed by atoms with van der Waals surface area (Å²) in [6.45, 7) is 3.63. The van der Waals surface area contributed by atoms with Crippen LogP contribution in [-0.4, -0.2) is 37.0 Å². The highest BCUT2D eigenvalue weighted by Crippen LogP contribution is 2.23.